The highest BCUT2D eigenvalue weighted by Gasteiger charge is 2.21. The van der Waals surface area contributed by atoms with Crippen LogP contribution in [0.15, 0.2) is 12.1 Å². The first-order valence-electron chi connectivity index (χ1n) is 5.57. The van der Waals surface area contributed by atoms with Gasteiger partial charge < -0.3 is 26.8 Å². The number of anilines is 1. The molecule has 0 unspecified atom stereocenters. The number of diazo groups is 1. The maximum atomic E-state index is 8.89. The van der Waals surface area contributed by atoms with Gasteiger partial charge in [-0.05, 0) is 13.8 Å². The van der Waals surface area contributed by atoms with E-state index < -0.39 is 0 Å². The maximum Gasteiger partial charge on any atom is 0.430 e. The molecule has 6 heteroatoms. The van der Waals surface area contributed by atoms with Crippen LogP contribution in [0.2, 0.25) is 0 Å². The van der Waals surface area contributed by atoms with E-state index in [4.69, 9.17) is 14.9 Å². The summed E-state index contributed by atoms with van der Waals surface area (Å²) in [6, 6.07) is 3.48. The second-order valence-corrected chi connectivity index (χ2v) is 3.47. The van der Waals surface area contributed by atoms with E-state index in [-0.39, 0.29) is 12.4 Å². The average Bonchev–Trinajstić information content (AvgIpc) is 2.39. The van der Waals surface area contributed by atoms with Gasteiger partial charge in [0, 0.05) is 19.2 Å². The van der Waals surface area contributed by atoms with Gasteiger partial charge in [0.2, 0.25) is 11.1 Å². The van der Waals surface area contributed by atoms with Crippen LogP contribution in [-0.2, 0) is 0 Å². The number of nitrogens with zero attached hydrogens (tertiary/aromatic N) is 3. The Balaban J connectivity index is 0.00000289. The van der Waals surface area contributed by atoms with Crippen LogP contribution in [-0.4, -0.2) is 27.3 Å². The van der Waals surface area contributed by atoms with Crippen LogP contribution in [0.25, 0.3) is 4.98 Å². The van der Waals surface area contributed by atoms with E-state index in [1.54, 1.807) is 20.3 Å². The maximum absolute atomic E-state index is 8.89. The van der Waals surface area contributed by atoms with Crippen molar-refractivity contribution in [2.24, 2.45) is 0 Å². The molecule has 1 rings (SSSR count). The standard InChI is InChI=1S/C12H18N3O2.ClH/c1-5-15(6-2)10-8-11(16-3)9(14-13)7-12(10)17-4;/h7-8H,5-6H2,1-4H3;1H/q+1;/p-1. The summed E-state index contributed by atoms with van der Waals surface area (Å²) < 4.78 is 10.5. The summed E-state index contributed by atoms with van der Waals surface area (Å²) in [6.07, 6.45) is 0. The summed E-state index contributed by atoms with van der Waals surface area (Å²) in [6.45, 7) is 5.87. The molecule has 1 aromatic rings. The first kappa shape index (κ1) is 16.3. The van der Waals surface area contributed by atoms with Crippen molar-refractivity contribution in [3.8, 4) is 11.5 Å². The van der Waals surface area contributed by atoms with Crippen LogP contribution in [0.3, 0.4) is 0 Å². The fourth-order valence-corrected chi connectivity index (χ4v) is 1.76. The minimum Gasteiger partial charge on any atom is -1.00 e. The summed E-state index contributed by atoms with van der Waals surface area (Å²) in [7, 11) is 3.14. The van der Waals surface area contributed by atoms with Gasteiger partial charge in [-0.15, -0.1) is 0 Å². The molecule has 0 radical (unpaired) electrons. The fourth-order valence-electron chi connectivity index (χ4n) is 1.76. The van der Waals surface area contributed by atoms with Crippen molar-refractivity contribution in [2.75, 3.05) is 32.2 Å². The summed E-state index contributed by atoms with van der Waals surface area (Å²) in [5, 5.41) is 8.89. The lowest BCUT2D eigenvalue weighted by Crippen LogP contribution is -3.00. The van der Waals surface area contributed by atoms with Crippen LogP contribution < -0.4 is 26.8 Å². The highest BCUT2D eigenvalue weighted by atomic mass is 35.5. The third-order valence-electron chi connectivity index (χ3n) is 2.69. The number of ether oxygens (including phenoxy) is 2. The van der Waals surface area contributed by atoms with Gasteiger partial charge in [0.25, 0.3) is 0 Å². The lowest BCUT2D eigenvalue weighted by molar-refractivity contribution is -0.00000442. The predicted octanol–water partition coefficient (Wildman–Crippen LogP) is 0.0386. The molecule has 0 spiro atoms. The van der Waals surface area contributed by atoms with Crippen LogP contribution >= 0.6 is 0 Å². The van der Waals surface area contributed by atoms with Crippen LogP contribution in [0.4, 0.5) is 11.4 Å². The van der Waals surface area contributed by atoms with Gasteiger partial charge in [-0.2, -0.15) is 0 Å². The number of methoxy groups -OCH3 is 2. The van der Waals surface area contributed by atoms with E-state index in [2.05, 4.69) is 23.7 Å². The van der Waals surface area contributed by atoms with Gasteiger partial charge in [0.05, 0.1) is 26.0 Å². The van der Waals surface area contributed by atoms with E-state index in [9.17, 15) is 0 Å². The minimum absolute atomic E-state index is 0. The zero-order valence-corrected chi connectivity index (χ0v) is 11.9. The first-order chi connectivity index (χ1) is 8.21. The van der Waals surface area contributed by atoms with Crippen molar-refractivity contribution >= 4 is 11.4 Å². The minimum atomic E-state index is 0. The highest BCUT2D eigenvalue weighted by molar-refractivity contribution is 5.72. The van der Waals surface area contributed by atoms with Gasteiger partial charge in [0.15, 0.2) is 10.7 Å². The molecule has 0 heterocycles. The Morgan fingerprint density at radius 2 is 1.67 bits per heavy atom. The number of rotatable bonds is 5. The Hall–Kier alpha value is -1.67. The molecule has 0 aromatic heterocycles. The molecule has 0 bridgehead atoms. The topological polar surface area (TPSA) is 49.9 Å². The Labute approximate surface area is 114 Å². The summed E-state index contributed by atoms with van der Waals surface area (Å²) in [5.74, 6) is 1.19. The number of hydrogen-bond donors (Lipinski definition) is 0. The highest BCUT2D eigenvalue weighted by Crippen LogP contribution is 2.39. The summed E-state index contributed by atoms with van der Waals surface area (Å²) in [5.41, 5.74) is 1.29. The van der Waals surface area contributed by atoms with Gasteiger partial charge >= 0.3 is 5.69 Å². The van der Waals surface area contributed by atoms with Crippen molar-refractivity contribution in [1.82, 2.24) is 0 Å². The Morgan fingerprint density at radius 3 is 2.06 bits per heavy atom. The quantitative estimate of drug-likeness (QED) is 0.710. The summed E-state index contributed by atoms with van der Waals surface area (Å²) >= 11 is 0. The third kappa shape index (κ3) is 3.17. The molecule has 18 heavy (non-hydrogen) atoms. The molecule has 0 aliphatic rings. The largest absolute Gasteiger partial charge is 1.00 e. The van der Waals surface area contributed by atoms with Crippen molar-refractivity contribution in [1.29, 1.82) is 5.39 Å². The van der Waals surface area contributed by atoms with Gasteiger partial charge in [-0.1, -0.05) is 0 Å². The molecule has 0 aliphatic heterocycles. The zero-order chi connectivity index (χ0) is 12.8. The molecule has 5 nitrogen and oxygen atoms in total. The third-order valence-corrected chi connectivity index (χ3v) is 2.69. The monoisotopic (exact) mass is 271 g/mol. The van der Waals surface area contributed by atoms with E-state index in [0.29, 0.717) is 17.2 Å². The van der Waals surface area contributed by atoms with Crippen molar-refractivity contribution in [2.45, 2.75) is 13.8 Å². The van der Waals surface area contributed by atoms with E-state index in [1.807, 2.05) is 6.07 Å². The average molecular weight is 272 g/mol. The molecular weight excluding hydrogens is 254 g/mol. The second-order valence-electron chi connectivity index (χ2n) is 3.47. The molecular formula is C12H18ClN3O2. The smallest absolute Gasteiger partial charge is 0.430 e. The predicted molar refractivity (Wildman–Crippen MR) is 67.9 cm³/mol. The molecule has 0 fully saturated rings. The van der Waals surface area contributed by atoms with Gasteiger partial charge in [0.1, 0.15) is 0 Å². The molecule has 1 aromatic carbocycles. The SMILES string of the molecule is CCN(CC)c1cc(OC)c([N+]#N)cc1OC.[Cl-]. The Bertz CT molecular complexity index is 428. The lowest BCUT2D eigenvalue weighted by atomic mass is 10.2. The number of benzene rings is 1. The zero-order valence-electron chi connectivity index (χ0n) is 11.1. The van der Waals surface area contributed by atoms with Crippen molar-refractivity contribution in [3.63, 3.8) is 0 Å². The van der Waals surface area contributed by atoms with Crippen molar-refractivity contribution < 1.29 is 21.9 Å². The number of hydrogen-bond acceptors (Lipinski definition) is 4. The number of halogens is 1. The molecule has 0 saturated carbocycles. The van der Waals surface area contributed by atoms with Crippen molar-refractivity contribution in [3.05, 3.63) is 17.1 Å². The second kappa shape index (κ2) is 7.62. The lowest BCUT2D eigenvalue weighted by Gasteiger charge is -2.23. The Kier molecular flexibility index (Phi) is 6.91. The van der Waals surface area contributed by atoms with E-state index in [0.717, 1.165) is 18.8 Å². The molecule has 0 N–H and O–H groups in total. The van der Waals surface area contributed by atoms with E-state index in [1.165, 1.54) is 0 Å². The van der Waals surface area contributed by atoms with Gasteiger partial charge in [-0.3, -0.25) is 0 Å². The molecule has 100 valence electrons. The molecule has 0 amide bonds. The van der Waals surface area contributed by atoms with Crippen LogP contribution in [0.1, 0.15) is 13.8 Å². The summed E-state index contributed by atoms with van der Waals surface area (Å²) in [4.78, 5) is 5.32. The molecule has 0 atom stereocenters. The normalized spacial score (nSPS) is 9.06. The van der Waals surface area contributed by atoms with Crippen LogP contribution in [0, 0.1) is 5.39 Å². The van der Waals surface area contributed by atoms with Crippen LogP contribution in [0.5, 0.6) is 11.5 Å². The fraction of sp³-hybridized carbons (Fsp3) is 0.500. The first-order valence-corrected chi connectivity index (χ1v) is 5.57. The Morgan fingerprint density at radius 1 is 1.11 bits per heavy atom. The van der Waals surface area contributed by atoms with Gasteiger partial charge in [-0.25, -0.2) is 0 Å². The van der Waals surface area contributed by atoms with E-state index >= 15 is 0 Å². The molecule has 0 aliphatic carbocycles. The molecule has 0 saturated heterocycles.